The number of carbonyl (C=O) groups excluding carboxylic acids is 2. The lowest BCUT2D eigenvalue weighted by molar-refractivity contribution is -0.139. The Morgan fingerprint density at radius 1 is 1.23 bits per heavy atom. The smallest absolute Gasteiger partial charge is 0.247 e. The van der Waals surface area contributed by atoms with Crippen molar-refractivity contribution < 1.29 is 39.1 Å². The van der Waals surface area contributed by atoms with Gasteiger partial charge < -0.3 is 39.7 Å². The van der Waals surface area contributed by atoms with Crippen molar-refractivity contribution in [3.8, 4) is 11.5 Å². The molecule has 10 nitrogen and oxygen atoms in total. The highest BCUT2D eigenvalue weighted by atomic mass is 127. The Morgan fingerprint density at radius 2 is 1.97 bits per heavy atom. The standard InChI is InChI=1S/C28H43IN2O8/c1-5-6-8-25(34)31(10-7-12-38-18(2)3)22-15-20(28(36)30-9-11-32)16-23(26(22)35)39-27-21(29)13-19(17-33)14-24(27)37-4/h13-14,16,18,22-23,26,32-33,35H,5-12,15,17H2,1-4H3,(H,30,36). The van der Waals surface area contributed by atoms with E-state index in [2.05, 4.69) is 27.9 Å². The van der Waals surface area contributed by atoms with Gasteiger partial charge in [-0.3, -0.25) is 9.59 Å². The molecule has 0 bridgehead atoms. The van der Waals surface area contributed by atoms with Crippen molar-refractivity contribution >= 4 is 34.4 Å². The molecule has 0 radical (unpaired) electrons. The monoisotopic (exact) mass is 662 g/mol. The summed E-state index contributed by atoms with van der Waals surface area (Å²) in [5, 5.41) is 33.0. The van der Waals surface area contributed by atoms with E-state index in [0.717, 1.165) is 6.42 Å². The van der Waals surface area contributed by atoms with Gasteiger partial charge in [-0.2, -0.15) is 0 Å². The summed E-state index contributed by atoms with van der Waals surface area (Å²) in [6, 6.07) is 2.69. The number of nitrogens with one attached hydrogen (secondary N) is 1. The molecule has 0 heterocycles. The molecule has 1 aliphatic carbocycles. The van der Waals surface area contributed by atoms with Crippen molar-refractivity contribution in [2.45, 2.75) is 83.8 Å². The zero-order valence-corrected chi connectivity index (χ0v) is 25.5. The van der Waals surface area contributed by atoms with Crippen LogP contribution in [-0.4, -0.2) is 89.8 Å². The van der Waals surface area contributed by atoms with Gasteiger partial charge in [-0.25, -0.2) is 0 Å². The number of aliphatic hydroxyl groups excluding tert-OH is 3. The van der Waals surface area contributed by atoms with Gasteiger partial charge >= 0.3 is 0 Å². The Bertz CT molecular complexity index is 971. The molecule has 0 spiro atoms. The van der Waals surface area contributed by atoms with Crippen molar-refractivity contribution in [3.05, 3.63) is 32.9 Å². The van der Waals surface area contributed by atoms with E-state index in [0.29, 0.717) is 58.6 Å². The molecule has 39 heavy (non-hydrogen) atoms. The predicted octanol–water partition coefficient (Wildman–Crippen LogP) is 2.54. The van der Waals surface area contributed by atoms with Crippen LogP contribution in [-0.2, 0) is 20.9 Å². The van der Waals surface area contributed by atoms with Crippen molar-refractivity contribution in [3.63, 3.8) is 0 Å². The molecule has 2 amide bonds. The summed E-state index contributed by atoms with van der Waals surface area (Å²) < 4.78 is 18.1. The maximum atomic E-state index is 13.3. The maximum absolute atomic E-state index is 13.3. The zero-order chi connectivity index (χ0) is 28.9. The van der Waals surface area contributed by atoms with Gasteiger partial charge in [0, 0.05) is 38.1 Å². The van der Waals surface area contributed by atoms with Gasteiger partial charge in [0.15, 0.2) is 11.5 Å². The van der Waals surface area contributed by atoms with Crippen molar-refractivity contribution in [1.29, 1.82) is 0 Å². The number of unbranched alkanes of at least 4 members (excludes halogenated alkanes) is 1. The number of aliphatic hydroxyl groups is 3. The number of hydrogen-bond donors (Lipinski definition) is 4. The minimum Gasteiger partial charge on any atom is -0.493 e. The van der Waals surface area contributed by atoms with Crippen LogP contribution in [0.15, 0.2) is 23.8 Å². The highest BCUT2D eigenvalue weighted by Gasteiger charge is 2.40. The molecule has 4 N–H and O–H groups in total. The number of amides is 2. The van der Waals surface area contributed by atoms with Crippen LogP contribution in [0.5, 0.6) is 11.5 Å². The third kappa shape index (κ3) is 9.89. The lowest BCUT2D eigenvalue weighted by Gasteiger charge is -2.41. The van der Waals surface area contributed by atoms with Crippen molar-refractivity contribution in [1.82, 2.24) is 10.2 Å². The first-order chi connectivity index (χ1) is 18.7. The van der Waals surface area contributed by atoms with Crippen LogP contribution in [0.2, 0.25) is 0 Å². The number of halogens is 1. The van der Waals surface area contributed by atoms with Crippen molar-refractivity contribution in [2.75, 3.05) is 33.4 Å². The summed E-state index contributed by atoms with van der Waals surface area (Å²) in [4.78, 5) is 28.0. The Labute approximate surface area is 244 Å². The molecule has 0 aromatic heterocycles. The molecule has 220 valence electrons. The summed E-state index contributed by atoms with van der Waals surface area (Å²) in [6.45, 7) is 6.42. The zero-order valence-electron chi connectivity index (χ0n) is 23.3. The average Bonchev–Trinajstić information content (AvgIpc) is 2.92. The Balaban J connectivity index is 2.44. The average molecular weight is 663 g/mol. The van der Waals surface area contributed by atoms with Crippen LogP contribution in [0, 0.1) is 3.57 Å². The molecule has 1 aliphatic rings. The molecule has 3 unspecified atom stereocenters. The van der Waals surface area contributed by atoms with Crippen LogP contribution in [0.25, 0.3) is 0 Å². The van der Waals surface area contributed by atoms with Crippen LogP contribution in [0.4, 0.5) is 0 Å². The van der Waals surface area contributed by atoms with E-state index in [4.69, 9.17) is 14.2 Å². The molecule has 0 fully saturated rings. The van der Waals surface area contributed by atoms with Gasteiger partial charge in [-0.15, -0.1) is 0 Å². The molecule has 11 heteroatoms. The Morgan fingerprint density at radius 3 is 2.59 bits per heavy atom. The lowest BCUT2D eigenvalue weighted by Crippen LogP contribution is -2.55. The van der Waals surface area contributed by atoms with Gasteiger partial charge in [0.05, 0.1) is 36.0 Å². The molecule has 0 saturated heterocycles. The number of ether oxygens (including phenoxy) is 3. The second kappa shape index (κ2) is 17.0. The fraction of sp³-hybridized carbons (Fsp3) is 0.643. The van der Waals surface area contributed by atoms with Crippen LogP contribution in [0.3, 0.4) is 0 Å². The summed E-state index contributed by atoms with van der Waals surface area (Å²) in [5.74, 6) is 0.249. The SMILES string of the molecule is CCCCC(=O)N(CCCOC(C)C)C1CC(C(=O)NCCO)=CC(Oc2c(I)cc(CO)cc2OC)C1O. The van der Waals surface area contributed by atoms with E-state index >= 15 is 0 Å². The lowest BCUT2D eigenvalue weighted by atomic mass is 9.87. The summed E-state index contributed by atoms with van der Waals surface area (Å²) in [5.41, 5.74) is 0.998. The predicted molar refractivity (Wildman–Crippen MR) is 156 cm³/mol. The molecular weight excluding hydrogens is 619 g/mol. The molecule has 0 aliphatic heterocycles. The van der Waals surface area contributed by atoms with E-state index in [1.165, 1.54) is 7.11 Å². The van der Waals surface area contributed by atoms with Gasteiger partial charge in [0.25, 0.3) is 0 Å². The van der Waals surface area contributed by atoms with E-state index in [1.54, 1.807) is 23.1 Å². The highest BCUT2D eigenvalue weighted by molar-refractivity contribution is 14.1. The number of nitrogens with zero attached hydrogens (tertiary/aromatic N) is 1. The normalized spacial score (nSPS) is 19.0. The van der Waals surface area contributed by atoms with Gasteiger partial charge in [0.2, 0.25) is 11.8 Å². The van der Waals surface area contributed by atoms with Gasteiger partial charge in [-0.1, -0.05) is 13.3 Å². The fourth-order valence-electron chi connectivity index (χ4n) is 4.40. The molecule has 0 saturated carbocycles. The molecule has 1 aromatic rings. The van der Waals surface area contributed by atoms with Gasteiger partial charge in [-0.05, 0) is 73.1 Å². The van der Waals surface area contributed by atoms with E-state index in [-0.39, 0.29) is 38.2 Å². The third-order valence-electron chi connectivity index (χ3n) is 6.40. The Hall–Kier alpha value is -1.93. The second-order valence-electron chi connectivity index (χ2n) is 9.75. The van der Waals surface area contributed by atoms with Crippen molar-refractivity contribution in [2.24, 2.45) is 0 Å². The molecule has 2 rings (SSSR count). The van der Waals surface area contributed by atoms with Crippen LogP contribution >= 0.6 is 22.6 Å². The number of hydrogen-bond acceptors (Lipinski definition) is 8. The summed E-state index contributed by atoms with van der Waals surface area (Å²) in [6.07, 6.45) is 2.15. The van der Waals surface area contributed by atoms with Gasteiger partial charge in [0.1, 0.15) is 12.2 Å². The minimum absolute atomic E-state index is 0.0618. The van der Waals surface area contributed by atoms with E-state index in [1.807, 2.05) is 20.8 Å². The van der Waals surface area contributed by atoms with E-state index < -0.39 is 24.2 Å². The number of methoxy groups -OCH3 is 1. The fourth-order valence-corrected chi connectivity index (χ4v) is 5.19. The maximum Gasteiger partial charge on any atom is 0.247 e. The summed E-state index contributed by atoms with van der Waals surface area (Å²) in [7, 11) is 1.48. The first kappa shape index (κ1) is 33.3. The second-order valence-corrected chi connectivity index (χ2v) is 10.9. The molecule has 1 aromatic carbocycles. The van der Waals surface area contributed by atoms with Crippen LogP contribution < -0.4 is 14.8 Å². The topological polar surface area (TPSA) is 138 Å². The minimum atomic E-state index is -1.13. The first-order valence-corrected chi connectivity index (χ1v) is 14.6. The number of benzene rings is 1. The number of carbonyl (C=O) groups is 2. The third-order valence-corrected chi connectivity index (χ3v) is 7.20. The number of rotatable bonds is 16. The van der Waals surface area contributed by atoms with Crippen LogP contribution in [0.1, 0.15) is 58.4 Å². The first-order valence-electron chi connectivity index (χ1n) is 13.5. The molecular formula is C28H43IN2O8. The Kier molecular flexibility index (Phi) is 14.5. The highest BCUT2D eigenvalue weighted by Crippen LogP contribution is 2.37. The quantitative estimate of drug-likeness (QED) is 0.157. The molecule has 3 atom stereocenters. The largest absolute Gasteiger partial charge is 0.493 e. The summed E-state index contributed by atoms with van der Waals surface area (Å²) >= 11 is 2.07. The van der Waals surface area contributed by atoms with E-state index in [9.17, 15) is 24.9 Å².